The molecule has 1 aromatic carbocycles. The third-order valence-electron chi connectivity index (χ3n) is 3.24. The number of benzene rings is 1. The number of carbonyl (C=O) groups excluding carboxylic acids is 2. The average Bonchev–Trinajstić information content (AvgIpc) is 2.93. The number of rotatable bonds is 6. The Morgan fingerprint density at radius 1 is 1.14 bits per heavy atom. The van der Waals surface area contributed by atoms with Crippen LogP contribution in [0.15, 0.2) is 42.5 Å². The fraction of sp³-hybridized carbons (Fsp3) is 0.294. The SMILES string of the molecule is CC(C)(Cc1ccc(C(=O)Cl)s1)C(=O)OCc1ccccc1. The summed E-state index contributed by atoms with van der Waals surface area (Å²) >= 11 is 6.76. The van der Waals surface area contributed by atoms with Crippen LogP contribution >= 0.6 is 22.9 Å². The van der Waals surface area contributed by atoms with Gasteiger partial charge >= 0.3 is 5.97 Å². The van der Waals surface area contributed by atoms with Gasteiger partial charge in [0.15, 0.2) is 0 Å². The standard InChI is InChI=1S/C17H17ClO3S/c1-17(2,10-13-8-9-14(22-13)15(18)19)16(20)21-11-12-6-4-3-5-7-12/h3-9H,10-11H2,1-2H3. The van der Waals surface area contributed by atoms with Crippen molar-refractivity contribution >= 4 is 34.1 Å². The molecule has 5 heteroatoms. The highest BCUT2D eigenvalue weighted by Crippen LogP contribution is 2.29. The van der Waals surface area contributed by atoms with Crippen molar-refractivity contribution in [2.45, 2.75) is 26.9 Å². The van der Waals surface area contributed by atoms with E-state index in [0.717, 1.165) is 10.4 Å². The van der Waals surface area contributed by atoms with Crippen LogP contribution in [0.3, 0.4) is 0 Å². The molecule has 0 saturated heterocycles. The Labute approximate surface area is 138 Å². The van der Waals surface area contributed by atoms with Crippen molar-refractivity contribution < 1.29 is 14.3 Å². The lowest BCUT2D eigenvalue weighted by Gasteiger charge is -2.21. The van der Waals surface area contributed by atoms with Gasteiger partial charge in [0, 0.05) is 4.88 Å². The molecule has 0 fully saturated rings. The Bertz CT molecular complexity index is 662. The second kappa shape index (κ2) is 7.07. The van der Waals surface area contributed by atoms with Gasteiger partial charge in [0.05, 0.1) is 10.3 Å². The summed E-state index contributed by atoms with van der Waals surface area (Å²) in [6.45, 7) is 3.93. The first-order valence-electron chi connectivity index (χ1n) is 6.88. The summed E-state index contributed by atoms with van der Waals surface area (Å²) in [7, 11) is 0. The molecule has 1 aromatic heterocycles. The number of thiophene rings is 1. The first-order valence-corrected chi connectivity index (χ1v) is 8.07. The molecule has 22 heavy (non-hydrogen) atoms. The van der Waals surface area contributed by atoms with E-state index in [9.17, 15) is 9.59 Å². The predicted octanol–water partition coefficient (Wildman–Crippen LogP) is 4.44. The van der Waals surface area contributed by atoms with E-state index < -0.39 is 10.7 Å². The van der Waals surface area contributed by atoms with Crippen molar-refractivity contribution in [1.29, 1.82) is 0 Å². The fourth-order valence-corrected chi connectivity index (χ4v) is 3.25. The quantitative estimate of drug-likeness (QED) is 0.578. The summed E-state index contributed by atoms with van der Waals surface area (Å²) in [5, 5.41) is -0.472. The third kappa shape index (κ3) is 4.42. The van der Waals surface area contributed by atoms with Crippen molar-refractivity contribution in [3.63, 3.8) is 0 Å². The molecule has 2 aromatic rings. The van der Waals surface area contributed by atoms with E-state index in [1.54, 1.807) is 6.07 Å². The van der Waals surface area contributed by atoms with Gasteiger partial charge in [0.25, 0.3) is 5.24 Å². The fourth-order valence-electron chi connectivity index (χ4n) is 2.00. The number of carbonyl (C=O) groups is 2. The molecule has 2 rings (SSSR count). The molecule has 0 aliphatic rings. The van der Waals surface area contributed by atoms with Crippen LogP contribution < -0.4 is 0 Å². The zero-order valence-electron chi connectivity index (χ0n) is 12.5. The van der Waals surface area contributed by atoms with Crippen LogP contribution in [0, 0.1) is 5.41 Å². The highest BCUT2D eigenvalue weighted by Gasteiger charge is 2.30. The molecule has 0 radical (unpaired) electrons. The maximum atomic E-state index is 12.3. The first kappa shape index (κ1) is 16.7. The highest BCUT2D eigenvalue weighted by molar-refractivity contribution is 7.15. The van der Waals surface area contributed by atoms with Crippen LogP contribution in [-0.4, -0.2) is 11.2 Å². The third-order valence-corrected chi connectivity index (χ3v) is 4.64. The summed E-state index contributed by atoms with van der Waals surface area (Å²) in [5.41, 5.74) is 0.296. The first-order chi connectivity index (χ1) is 10.4. The zero-order chi connectivity index (χ0) is 16.2. The van der Waals surface area contributed by atoms with E-state index in [4.69, 9.17) is 16.3 Å². The number of ether oxygens (including phenoxy) is 1. The van der Waals surface area contributed by atoms with Crippen molar-refractivity contribution in [3.05, 3.63) is 57.8 Å². The molecule has 0 bridgehead atoms. The van der Waals surface area contributed by atoms with Gasteiger partial charge in [-0.15, -0.1) is 11.3 Å². The molecule has 0 amide bonds. The minimum atomic E-state index is -0.660. The number of halogens is 1. The number of hydrogen-bond donors (Lipinski definition) is 0. The molecule has 3 nitrogen and oxygen atoms in total. The van der Waals surface area contributed by atoms with E-state index >= 15 is 0 Å². The van der Waals surface area contributed by atoms with Gasteiger partial charge in [-0.25, -0.2) is 0 Å². The van der Waals surface area contributed by atoms with Crippen LogP contribution in [0.5, 0.6) is 0 Å². The smallest absolute Gasteiger partial charge is 0.312 e. The minimum Gasteiger partial charge on any atom is -0.460 e. The summed E-state index contributed by atoms with van der Waals surface area (Å²) in [6.07, 6.45) is 0.509. The normalized spacial score (nSPS) is 11.2. The van der Waals surface area contributed by atoms with Gasteiger partial charge in [-0.2, -0.15) is 0 Å². The second-order valence-corrected chi connectivity index (χ2v) is 7.17. The van der Waals surface area contributed by atoms with E-state index in [1.165, 1.54) is 11.3 Å². The van der Waals surface area contributed by atoms with Crippen LogP contribution in [0.2, 0.25) is 0 Å². The van der Waals surface area contributed by atoms with Crippen molar-refractivity contribution in [1.82, 2.24) is 0 Å². The number of esters is 1. The van der Waals surface area contributed by atoms with Gasteiger partial charge in [0.1, 0.15) is 6.61 Å². The van der Waals surface area contributed by atoms with Crippen molar-refractivity contribution in [2.75, 3.05) is 0 Å². The Morgan fingerprint density at radius 2 is 1.82 bits per heavy atom. The molecule has 0 aliphatic heterocycles. The summed E-state index contributed by atoms with van der Waals surface area (Å²) < 4.78 is 5.39. The van der Waals surface area contributed by atoms with Crippen molar-refractivity contribution in [3.8, 4) is 0 Å². The van der Waals surface area contributed by atoms with Crippen molar-refractivity contribution in [2.24, 2.45) is 5.41 Å². The van der Waals surface area contributed by atoms with Gasteiger partial charge in [-0.05, 0) is 49.6 Å². The molecule has 0 aliphatic carbocycles. The van der Waals surface area contributed by atoms with Gasteiger partial charge < -0.3 is 4.74 Å². The largest absolute Gasteiger partial charge is 0.460 e. The predicted molar refractivity (Wildman–Crippen MR) is 88.2 cm³/mol. The molecule has 0 atom stereocenters. The molecule has 1 heterocycles. The topological polar surface area (TPSA) is 43.4 Å². The summed E-state index contributed by atoms with van der Waals surface area (Å²) in [4.78, 5) is 24.8. The molecule has 0 N–H and O–H groups in total. The summed E-state index contributed by atoms with van der Waals surface area (Å²) in [5.74, 6) is -0.261. The molecule has 0 spiro atoms. The van der Waals surface area contributed by atoms with Crippen LogP contribution in [-0.2, 0) is 22.6 Å². The van der Waals surface area contributed by atoms with E-state index in [0.29, 0.717) is 11.3 Å². The van der Waals surface area contributed by atoms with E-state index in [2.05, 4.69) is 0 Å². The Kier molecular flexibility index (Phi) is 5.37. The lowest BCUT2D eigenvalue weighted by Crippen LogP contribution is -2.28. The van der Waals surface area contributed by atoms with Gasteiger partial charge in [0.2, 0.25) is 0 Å². The monoisotopic (exact) mass is 336 g/mol. The molecular formula is C17H17ClO3S. The Hall–Kier alpha value is -1.65. The maximum Gasteiger partial charge on any atom is 0.312 e. The average molecular weight is 337 g/mol. The Balaban J connectivity index is 1.96. The van der Waals surface area contributed by atoms with Crippen LogP contribution in [0.1, 0.15) is 34.0 Å². The zero-order valence-corrected chi connectivity index (χ0v) is 14.0. The highest BCUT2D eigenvalue weighted by atomic mass is 35.5. The second-order valence-electron chi connectivity index (χ2n) is 5.66. The molecule has 0 unspecified atom stereocenters. The lowest BCUT2D eigenvalue weighted by atomic mass is 9.89. The molecular weight excluding hydrogens is 320 g/mol. The molecule has 116 valence electrons. The van der Waals surface area contributed by atoms with Gasteiger partial charge in [-0.1, -0.05) is 30.3 Å². The van der Waals surface area contributed by atoms with Crippen LogP contribution in [0.4, 0.5) is 0 Å². The van der Waals surface area contributed by atoms with Gasteiger partial charge in [-0.3, -0.25) is 9.59 Å². The van der Waals surface area contributed by atoms with Crippen LogP contribution in [0.25, 0.3) is 0 Å². The lowest BCUT2D eigenvalue weighted by molar-refractivity contribution is -0.155. The van der Waals surface area contributed by atoms with E-state index in [1.807, 2.05) is 50.2 Å². The maximum absolute atomic E-state index is 12.3. The molecule has 0 saturated carbocycles. The minimum absolute atomic E-state index is 0.261. The Morgan fingerprint density at radius 3 is 2.41 bits per heavy atom. The van der Waals surface area contributed by atoms with E-state index in [-0.39, 0.29) is 12.6 Å². The number of hydrogen-bond acceptors (Lipinski definition) is 4. The summed E-state index contributed by atoms with van der Waals surface area (Å²) in [6, 6.07) is 13.1.